The molecule has 120 valence electrons. The maximum Gasteiger partial charge on any atom is 0.261 e. The summed E-state index contributed by atoms with van der Waals surface area (Å²) in [6.07, 6.45) is 8.61. The molecule has 1 N–H and O–H groups in total. The number of hydrogen-bond acceptors (Lipinski definition) is 3. The molecule has 0 unspecified atom stereocenters. The third kappa shape index (κ3) is 3.69. The molecule has 5 heteroatoms. The van der Waals surface area contributed by atoms with Gasteiger partial charge in [-0.3, -0.25) is 9.59 Å². The van der Waals surface area contributed by atoms with Crippen LogP contribution >= 0.6 is 11.3 Å². The Balaban J connectivity index is 1.48. The van der Waals surface area contributed by atoms with Crippen LogP contribution in [0.4, 0.5) is 0 Å². The first-order valence-corrected chi connectivity index (χ1v) is 9.23. The Morgan fingerprint density at radius 1 is 1.09 bits per heavy atom. The predicted molar refractivity (Wildman–Crippen MR) is 88.3 cm³/mol. The van der Waals surface area contributed by atoms with Crippen molar-refractivity contribution >= 4 is 23.2 Å². The van der Waals surface area contributed by atoms with Crippen LogP contribution in [-0.4, -0.2) is 36.3 Å². The Morgan fingerprint density at radius 2 is 1.86 bits per heavy atom. The second-order valence-corrected chi connectivity index (χ2v) is 7.35. The molecule has 1 aromatic rings. The number of nitrogens with zero attached hydrogens (tertiary/aromatic N) is 1. The summed E-state index contributed by atoms with van der Waals surface area (Å²) in [5.41, 5.74) is 1.36. The number of aryl methyl sites for hydroxylation is 2. The first kappa shape index (κ1) is 15.5. The molecular formula is C17H24N2O2S. The van der Waals surface area contributed by atoms with Gasteiger partial charge in [0.05, 0.1) is 4.88 Å². The average Bonchev–Trinajstić information content (AvgIpc) is 3.13. The SMILES string of the molecule is O=C(NCCC(=O)N1CCCC1)c1cc2c(s1)CCCCC2. The van der Waals surface area contributed by atoms with Crippen LogP contribution in [0.2, 0.25) is 0 Å². The van der Waals surface area contributed by atoms with Gasteiger partial charge in [0.15, 0.2) is 0 Å². The molecule has 0 saturated carbocycles. The molecule has 0 atom stereocenters. The Morgan fingerprint density at radius 3 is 2.68 bits per heavy atom. The van der Waals surface area contributed by atoms with Crippen LogP contribution in [0.5, 0.6) is 0 Å². The lowest BCUT2D eigenvalue weighted by Gasteiger charge is -2.14. The monoisotopic (exact) mass is 320 g/mol. The van der Waals surface area contributed by atoms with Crippen molar-refractivity contribution < 1.29 is 9.59 Å². The van der Waals surface area contributed by atoms with Crippen molar-refractivity contribution in [1.29, 1.82) is 0 Å². The van der Waals surface area contributed by atoms with Gasteiger partial charge in [0, 0.05) is 30.9 Å². The molecule has 22 heavy (non-hydrogen) atoms. The lowest BCUT2D eigenvalue weighted by atomic mass is 10.1. The molecule has 0 aromatic carbocycles. The third-order valence-corrected chi connectivity index (χ3v) is 5.79. The van der Waals surface area contributed by atoms with Crippen molar-refractivity contribution in [1.82, 2.24) is 10.2 Å². The van der Waals surface area contributed by atoms with Gasteiger partial charge in [0.1, 0.15) is 0 Å². The number of amides is 2. The largest absolute Gasteiger partial charge is 0.351 e. The summed E-state index contributed by atoms with van der Waals surface area (Å²) in [6, 6.07) is 2.06. The second kappa shape index (κ2) is 7.27. The van der Waals surface area contributed by atoms with Crippen LogP contribution in [0.15, 0.2) is 6.07 Å². The highest BCUT2D eigenvalue weighted by Crippen LogP contribution is 2.28. The van der Waals surface area contributed by atoms with E-state index in [1.54, 1.807) is 11.3 Å². The fourth-order valence-corrected chi connectivity index (χ4v) is 4.44. The van der Waals surface area contributed by atoms with Crippen molar-refractivity contribution in [2.75, 3.05) is 19.6 Å². The lowest BCUT2D eigenvalue weighted by molar-refractivity contribution is -0.129. The Labute approximate surface area is 135 Å². The van der Waals surface area contributed by atoms with Gasteiger partial charge in [0.2, 0.25) is 5.91 Å². The maximum absolute atomic E-state index is 12.2. The smallest absolute Gasteiger partial charge is 0.261 e. The van der Waals surface area contributed by atoms with Gasteiger partial charge >= 0.3 is 0 Å². The number of carbonyl (C=O) groups excluding carboxylic acids is 2. The molecule has 1 saturated heterocycles. The number of rotatable bonds is 4. The fourth-order valence-electron chi connectivity index (χ4n) is 3.27. The van der Waals surface area contributed by atoms with Crippen LogP contribution in [0.3, 0.4) is 0 Å². The highest BCUT2D eigenvalue weighted by Gasteiger charge is 2.19. The molecule has 2 amide bonds. The minimum Gasteiger partial charge on any atom is -0.351 e. The van der Waals surface area contributed by atoms with E-state index in [1.165, 1.54) is 29.7 Å². The Hall–Kier alpha value is -1.36. The molecule has 1 fully saturated rings. The number of likely N-dealkylation sites (tertiary alicyclic amines) is 1. The normalized spacial score (nSPS) is 17.9. The van der Waals surface area contributed by atoms with E-state index < -0.39 is 0 Å². The number of hydrogen-bond donors (Lipinski definition) is 1. The van der Waals surface area contributed by atoms with Gasteiger partial charge in [-0.15, -0.1) is 11.3 Å². The Kier molecular flexibility index (Phi) is 5.13. The second-order valence-electron chi connectivity index (χ2n) is 6.21. The van der Waals surface area contributed by atoms with E-state index in [0.29, 0.717) is 13.0 Å². The van der Waals surface area contributed by atoms with Crippen LogP contribution in [0, 0.1) is 0 Å². The number of nitrogens with one attached hydrogen (secondary N) is 1. The van der Waals surface area contributed by atoms with Gasteiger partial charge in [0.25, 0.3) is 5.91 Å². The van der Waals surface area contributed by atoms with Crippen molar-refractivity contribution in [2.24, 2.45) is 0 Å². The molecule has 0 radical (unpaired) electrons. The summed E-state index contributed by atoms with van der Waals surface area (Å²) in [5.74, 6) is 0.145. The van der Waals surface area contributed by atoms with Crippen molar-refractivity contribution in [3.63, 3.8) is 0 Å². The molecular weight excluding hydrogens is 296 g/mol. The zero-order valence-electron chi connectivity index (χ0n) is 13.0. The van der Waals surface area contributed by atoms with Crippen molar-refractivity contribution in [3.8, 4) is 0 Å². The Bertz CT molecular complexity index is 523. The number of carbonyl (C=O) groups is 2. The van der Waals surface area contributed by atoms with E-state index in [2.05, 4.69) is 11.4 Å². The van der Waals surface area contributed by atoms with E-state index in [9.17, 15) is 9.59 Å². The fraction of sp³-hybridized carbons (Fsp3) is 0.647. The summed E-state index contributed by atoms with van der Waals surface area (Å²) in [4.78, 5) is 28.3. The maximum atomic E-state index is 12.2. The zero-order chi connectivity index (χ0) is 15.4. The van der Waals surface area contributed by atoms with E-state index in [4.69, 9.17) is 0 Å². The molecule has 1 aromatic heterocycles. The van der Waals surface area contributed by atoms with Gasteiger partial charge < -0.3 is 10.2 Å². The minimum atomic E-state index is -0.0210. The highest BCUT2D eigenvalue weighted by atomic mass is 32.1. The highest BCUT2D eigenvalue weighted by molar-refractivity contribution is 7.14. The van der Waals surface area contributed by atoms with E-state index >= 15 is 0 Å². The molecule has 3 rings (SSSR count). The summed E-state index contributed by atoms with van der Waals surface area (Å²) in [6.45, 7) is 2.20. The zero-order valence-corrected chi connectivity index (χ0v) is 13.8. The standard InChI is InChI=1S/C17H24N2O2S/c20-16(19-10-4-5-11-19)8-9-18-17(21)15-12-13-6-2-1-3-7-14(13)22-15/h12H,1-11H2,(H,18,21). The van der Waals surface area contributed by atoms with Crippen molar-refractivity contribution in [2.45, 2.75) is 51.4 Å². The van der Waals surface area contributed by atoms with E-state index in [1.807, 2.05) is 4.90 Å². The summed E-state index contributed by atoms with van der Waals surface area (Å²) in [5, 5.41) is 2.90. The van der Waals surface area contributed by atoms with Gasteiger partial charge in [-0.05, 0) is 50.2 Å². The van der Waals surface area contributed by atoms with E-state index in [-0.39, 0.29) is 11.8 Å². The van der Waals surface area contributed by atoms with Crippen LogP contribution in [0.1, 0.15) is 58.6 Å². The van der Waals surface area contributed by atoms with Crippen LogP contribution in [-0.2, 0) is 17.6 Å². The summed E-state index contributed by atoms with van der Waals surface area (Å²) < 4.78 is 0. The third-order valence-electron chi connectivity index (χ3n) is 4.55. The topological polar surface area (TPSA) is 49.4 Å². The van der Waals surface area contributed by atoms with Crippen molar-refractivity contribution in [3.05, 3.63) is 21.4 Å². The molecule has 4 nitrogen and oxygen atoms in total. The van der Waals surface area contributed by atoms with E-state index in [0.717, 1.165) is 43.6 Å². The number of fused-ring (bicyclic) bond motifs is 1. The van der Waals surface area contributed by atoms with Gasteiger partial charge in [-0.2, -0.15) is 0 Å². The van der Waals surface area contributed by atoms with Crippen LogP contribution in [0.25, 0.3) is 0 Å². The molecule has 0 spiro atoms. The average molecular weight is 320 g/mol. The van der Waals surface area contributed by atoms with Crippen LogP contribution < -0.4 is 5.32 Å². The molecule has 0 bridgehead atoms. The summed E-state index contributed by atoms with van der Waals surface area (Å²) in [7, 11) is 0. The predicted octanol–water partition coefficient (Wildman–Crippen LogP) is 2.76. The molecule has 1 aliphatic carbocycles. The minimum absolute atomic E-state index is 0.0210. The van der Waals surface area contributed by atoms with Gasteiger partial charge in [-0.25, -0.2) is 0 Å². The molecule has 2 aliphatic rings. The van der Waals surface area contributed by atoms with Gasteiger partial charge in [-0.1, -0.05) is 6.42 Å². The first-order valence-electron chi connectivity index (χ1n) is 8.41. The number of thiophene rings is 1. The lowest BCUT2D eigenvalue weighted by Crippen LogP contribution is -2.32. The quantitative estimate of drug-likeness (QED) is 0.867. The molecule has 1 aliphatic heterocycles. The summed E-state index contributed by atoms with van der Waals surface area (Å²) >= 11 is 1.63. The molecule has 2 heterocycles. The first-order chi connectivity index (χ1) is 10.7.